The first-order valence-electron chi connectivity index (χ1n) is 15.4. The van der Waals surface area contributed by atoms with Crippen LogP contribution in [0.15, 0.2) is 49.1 Å². The van der Waals surface area contributed by atoms with Crippen molar-refractivity contribution >= 4 is 28.2 Å². The lowest BCUT2D eigenvalue weighted by Gasteiger charge is -2.38. The van der Waals surface area contributed by atoms with Crippen LogP contribution >= 0.6 is 0 Å². The number of ether oxygens (including phenoxy) is 1. The lowest BCUT2D eigenvalue weighted by molar-refractivity contribution is -0.126. The van der Waals surface area contributed by atoms with Crippen molar-refractivity contribution in [1.82, 2.24) is 19.8 Å². The highest BCUT2D eigenvalue weighted by Crippen LogP contribution is 2.36. The highest BCUT2D eigenvalue weighted by molar-refractivity contribution is 5.95. The molecule has 4 heterocycles. The maximum Gasteiger partial charge on any atom is 0.318 e. The number of carbonyl (C=O) groups excluding carboxylic acids is 1. The number of hydrogen-bond donors (Lipinski definition) is 1. The first kappa shape index (κ1) is 28.3. The molecule has 2 saturated heterocycles. The molecule has 2 aromatic carbocycles. The van der Waals surface area contributed by atoms with Crippen LogP contribution in [0.25, 0.3) is 10.8 Å². The van der Waals surface area contributed by atoms with Crippen LogP contribution in [0.1, 0.15) is 43.9 Å². The van der Waals surface area contributed by atoms with Gasteiger partial charge in [0, 0.05) is 62.0 Å². The molecule has 0 spiro atoms. The van der Waals surface area contributed by atoms with Gasteiger partial charge >= 0.3 is 6.01 Å². The summed E-state index contributed by atoms with van der Waals surface area (Å²) in [5, 5.41) is 12.6. The number of piperazine rings is 1. The number of likely N-dealkylation sites (tertiary alicyclic amines) is 1. The predicted octanol–water partition coefficient (Wildman–Crippen LogP) is 4.38. The highest BCUT2D eigenvalue weighted by Gasteiger charge is 2.29. The van der Waals surface area contributed by atoms with E-state index in [0.29, 0.717) is 38.7 Å². The van der Waals surface area contributed by atoms with E-state index in [1.54, 1.807) is 0 Å². The summed E-state index contributed by atoms with van der Waals surface area (Å²) in [6.07, 6.45) is 6.99. The van der Waals surface area contributed by atoms with E-state index in [1.807, 2.05) is 35.2 Å². The van der Waals surface area contributed by atoms with Crippen LogP contribution in [-0.4, -0.2) is 89.2 Å². The van der Waals surface area contributed by atoms with Crippen LogP contribution in [0.5, 0.6) is 11.8 Å². The summed E-state index contributed by atoms with van der Waals surface area (Å²) in [5.41, 5.74) is 3.11. The molecule has 42 heavy (non-hydrogen) atoms. The lowest BCUT2D eigenvalue weighted by Crippen LogP contribution is -2.49. The fourth-order valence-electron chi connectivity index (χ4n) is 6.50. The van der Waals surface area contributed by atoms with E-state index in [2.05, 4.69) is 34.3 Å². The monoisotopic (exact) mass is 570 g/mol. The Kier molecular flexibility index (Phi) is 8.46. The van der Waals surface area contributed by atoms with Crippen molar-refractivity contribution in [3.8, 4) is 11.8 Å². The lowest BCUT2D eigenvalue weighted by atomic mass is 10.0. The van der Waals surface area contributed by atoms with Gasteiger partial charge in [0.2, 0.25) is 5.91 Å². The SMILES string of the molecule is C=CC(=O)N1CCN(c2nc(OC(C)CCN3CCCCC3)nc3c2CCN(c2cc(O)cc4ccccc24)C3)CC1. The zero-order valence-corrected chi connectivity index (χ0v) is 24.7. The zero-order chi connectivity index (χ0) is 29.1. The first-order valence-corrected chi connectivity index (χ1v) is 15.4. The minimum atomic E-state index is -0.0279. The van der Waals surface area contributed by atoms with Crippen molar-refractivity contribution < 1.29 is 14.6 Å². The minimum Gasteiger partial charge on any atom is -0.508 e. The number of piperidine rings is 1. The van der Waals surface area contributed by atoms with Crippen molar-refractivity contribution in [1.29, 1.82) is 0 Å². The van der Waals surface area contributed by atoms with Crippen molar-refractivity contribution in [2.24, 2.45) is 0 Å². The second-order valence-corrected chi connectivity index (χ2v) is 11.7. The first-order chi connectivity index (χ1) is 20.5. The van der Waals surface area contributed by atoms with E-state index in [1.165, 1.54) is 38.4 Å². The summed E-state index contributed by atoms with van der Waals surface area (Å²) in [7, 11) is 0. The number of benzene rings is 2. The summed E-state index contributed by atoms with van der Waals surface area (Å²) in [4.78, 5) is 31.1. The average molecular weight is 571 g/mol. The smallest absolute Gasteiger partial charge is 0.318 e. The number of fused-ring (bicyclic) bond motifs is 2. The van der Waals surface area contributed by atoms with E-state index >= 15 is 0 Å². The third-order valence-corrected chi connectivity index (χ3v) is 8.86. The largest absolute Gasteiger partial charge is 0.508 e. The third-order valence-electron chi connectivity index (χ3n) is 8.86. The van der Waals surface area contributed by atoms with Gasteiger partial charge in [-0.05, 0) is 63.2 Å². The van der Waals surface area contributed by atoms with Gasteiger partial charge in [0.05, 0.1) is 12.2 Å². The Morgan fingerprint density at radius 1 is 1.02 bits per heavy atom. The van der Waals surface area contributed by atoms with E-state index < -0.39 is 0 Å². The van der Waals surface area contributed by atoms with Gasteiger partial charge in [-0.3, -0.25) is 4.79 Å². The Morgan fingerprint density at radius 3 is 2.60 bits per heavy atom. The Hall–Kier alpha value is -3.85. The summed E-state index contributed by atoms with van der Waals surface area (Å²) >= 11 is 0. The van der Waals surface area contributed by atoms with Crippen LogP contribution in [0.4, 0.5) is 11.5 Å². The quantitative estimate of drug-likeness (QED) is 0.400. The molecule has 1 aromatic heterocycles. The summed E-state index contributed by atoms with van der Waals surface area (Å²) in [6, 6.07) is 12.3. The van der Waals surface area contributed by atoms with E-state index in [4.69, 9.17) is 14.7 Å². The number of nitrogens with zero attached hydrogens (tertiary/aromatic N) is 6. The van der Waals surface area contributed by atoms with E-state index in [0.717, 1.165) is 59.5 Å². The van der Waals surface area contributed by atoms with Gasteiger partial charge < -0.3 is 29.4 Å². The van der Waals surface area contributed by atoms with Gasteiger partial charge in [-0.1, -0.05) is 37.3 Å². The number of aromatic hydroxyl groups is 1. The molecule has 222 valence electrons. The Bertz CT molecular complexity index is 1430. The molecule has 1 atom stereocenters. The van der Waals surface area contributed by atoms with Crippen molar-refractivity contribution in [3.05, 3.63) is 60.3 Å². The van der Waals surface area contributed by atoms with Crippen molar-refractivity contribution in [2.75, 3.05) is 62.2 Å². The molecule has 0 aliphatic carbocycles. The van der Waals surface area contributed by atoms with Gasteiger partial charge in [0.15, 0.2) is 0 Å². The number of phenolic OH excluding ortho intramolecular Hbond substituents is 1. The number of amides is 1. The number of phenols is 1. The fourth-order valence-corrected chi connectivity index (χ4v) is 6.50. The summed E-state index contributed by atoms with van der Waals surface area (Å²) in [6.45, 7) is 13.2. The van der Waals surface area contributed by atoms with Gasteiger partial charge in [0.1, 0.15) is 17.7 Å². The van der Waals surface area contributed by atoms with E-state index in [-0.39, 0.29) is 17.8 Å². The topological polar surface area (TPSA) is 85.3 Å². The maximum absolute atomic E-state index is 12.2. The normalized spacial score (nSPS) is 18.5. The van der Waals surface area contributed by atoms with Crippen molar-refractivity contribution in [3.63, 3.8) is 0 Å². The molecule has 3 aromatic rings. The standard InChI is InChI=1S/C33H42N6O3/c1-3-31(41)37-17-19-38(20-18-37)32-28-12-16-39(30-22-26(40)21-25-9-5-6-10-27(25)30)23-29(28)34-33(35-32)42-24(2)11-15-36-13-7-4-8-14-36/h3,5-6,9-10,21-22,24,40H,1,4,7-8,11-20,23H2,2H3. The molecule has 9 heteroatoms. The van der Waals surface area contributed by atoms with Gasteiger partial charge in [-0.15, -0.1) is 0 Å². The highest BCUT2D eigenvalue weighted by atomic mass is 16.5. The summed E-state index contributed by atoms with van der Waals surface area (Å²) < 4.78 is 6.40. The molecule has 0 saturated carbocycles. The van der Waals surface area contributed by atoms with Gasteiger partial charge in [-0.2, -0.15) is 9.97 Å². The number of carbonyl (C=O) groups is 1. The van der Waals surface area contributed by atoms with Crippen LogP contribution < -0.4 is 14.5 Å². The second-order valence-electron chi connectivity index (χ2n) is 11.7. The fraction of sp³-hybridized carbons (Fsp3) is 0.485. The Morgan fingerprint density at radius 2 is 1.81 bits per heavy atom. The molecule has 1 amide bonds. The number of aromatic nitrogens is 2. The Balaban J connectivity index is 1.26. The molecule has 1 unspecified atom stereocenters. The zero-order valence-electron chi connectivity index (χ0n) is 24.7. The molecule has 0 radical (unpaired) electrons. The number of anilines is 2. The van der Waals surface area contributed by atoms with Gasteiger partial charge in [-0.25, -0.2) is 0 Å². The number of hydrogen-bond acceptors (Lipinski definition) is 8. The molecular formula is C33H42N6O3. The third kappa shape index (κ3) is 6.16. The molecule has 1 N–H and O–H groups in total. The van der Waals surface area contributed by atoms with Crippen LogP contribution in [-0.2, 0) is 17.8 Å². The molecule has 2 fully saturated rings. The number of rotatable bonds is 8. The minimum absolute atomic E-state index is 0.00501. The summed E-state index contributed by atoms with van der Waals surface area (Å²) in [5.74, 6) is 1.15. The molecule has 3 aliphatic heterocycles. The second kappa shape index (κ2) is 12.6. The molecular weight excluding hydrogens is 528 g/mol. The Labute approximate surface area is 248 Å². The van der Waals surface area contributed by atoms with Crippen LogP contribution in [0, 0.1) is 0 Å². The van der Waals surface area contributed by atoms with Crippen LogP contribution in [0.3, 0.4) is 0 Å². The van der Waals surface area contributed by atoms with Crippen molar-refractivity contribution in [2.45, 2.75) is 51.7 Å². The van der Waals surface area contributed by atoms with Crippen LogP contribution in [0.2, 0.25) is 0 Å². The molecule has 3 aliphatic rings. The average Bonchev–Trinajstić information content (AvgIpc) is 3.03. The molecule has 6 rings (SSSR count). The maximum atomic E-state index is 12.2. The molecule has 0 bridgehead atoms. The van der Waals surface area contributed by atoms with E-state index in [9.17, 15) is 9.90 Å². The molecule has 9 nitrogen and oxygen atoms in total. The van der Waals surface area contributed by atoms with Gasteiger partial charge in [0.25, 0.3) is 0 Å². The predicted molar refractivity (Wildman–Crippen MR) is 166 cm³/mol.